The van der Waals surface area contributed by atoms with Gasteiger partial charge in [0.1, 0.15) is 5.82 Å². The normalized spacial score (nSPS) is 22.1. The lowest BCUT2D eigenvalue weighted by molar-refractivity contribution is -0.126. The molecule has 0 radical (unpaired) electrons. The first-order valence-electron chi connectivity index (χ1n) is 8.42. The molecule has 128 valence electrons. The number of hydroxylamine groups is 1. The van der Waals surface area contributed by atoms with Crippen LogP contribution in [0.15, 0.2) is 42.6 Å². The van der Waals surface area contributed by atoms with Gasteiger partial charge in [0, 0.05) is 18.3 Å². The molecule has 1 saturated heterocycles. The second-order valence-electron chi connectivity index (χ2n) is 6.78. The van der Waals surface area contributed by atoms with Crippen molar-refractivity contribution < 1.29 is 14.8 Å². The van der Waals surface area contributed by atoms with Gasteiger partial charge in [0.05, 0.1) is 5.41 Å². The lowest BCUT2D eigenvalue weighted by Gasteiger charge is -2.33. The maximum Gasteiger partial charge on any atom is 0.274 e. The van der Waals surface area contributed by atoms with Gasteiger partial charge in [-0.3, -0.25) is 19.7 Å². The number of carbonyl (C=O) groups is 2. The van der Waals surface area contributed by atoms with E-state index in [0.29, 0.717) is 24.3 Å². The molecule has 1 fully saturated rings. The maximum atomic E-state index is 13.1. The molecule has 25 heavy (non-hydrogen) atoms. The van der Waals surface area contributed by atoms with Crippen LogP contribution < -0.4 is 10.4 Å². The van der Waals surface area contributed by atoms with Gasteiger partial charge in [-0.25, -0.2) is 10.5 Å². The van der Waals surface area contributed by atoms with Crippen LogP contribution in [0.2, 0.25) is 0 Å². The molecule has 6 nitrogen and oxygen atoms in total. The molecule has 1 aliphatic heterocycles. The summed E-state index contributed by atoms with van der Waals surface area (Å²) in [5.41, 5.74) is 3.84. The van der Waals surface area contributed by atoms with Gasteiger partial charge in [0.2, 0.25) is 5.91 Å². The monoisotopic (exact) mass is 337 g/mol. The van der Waals surface area contributed by atoms with Gasteiger partial charge in [-0.2, -0.15) is 0 Å². The Morgan fingerprint density at radius 2 is 2.08 bits per heavy atom. The molecule has 1 unspecified atom stereocenters. The summed E-state index contributed by atoms with van der Waals surface area (Å²) in [7, 11) is 0. The van der Waals surface area contributed by atoms with Crippen molar-refractivity contribution >= 4 is 17.6 Å². The minimum Gasteiger partial charge on any atom is -0.296 e. The number of hydrogen-bond donors (Lipinski definition) is 2. The summed E-state index contributed by atoms with van der Waals surface area (Å²) >= 11 is 0. The van der Waals surface area contributed by atoms with Crippen LogP contribution in [0.1, 0.15) is 34.3 Å². The third-order valence-corrected chi connectivity index (χ3v) is 5.41. The first-order valence-corrected chi connectivity index (χ1v) is 8.42. The molecule has 6 heteroatoms. The number of pyridine rings is 1. The van der Waals surface area contributed by atoms with Crippen LogP contribution in [0, 0.1) is 5.41 Å². The molecule has 2 N–H and O–H groups in total. The predicted octanol–water partition coefficient (Wildman–Crippen LogP) is 2.11. The van der Waals surface area contributed by atoms with E-state index in [4.69, 9.17) is 5.21 Å². The van der Waals surface area contributed by atoms with Gasteiger partial charge in [-0.1, -0.05) is 12.1 Å². The second kappa shape index (κ2) is 5.97. The van der Waals surface area contributed by atoms with Crippen LogP contribution in [-0.2, 0) is 17.6 Å². The highest BCUT2D eigenvalue weighted by atomic mass is 16.5. The smallest absolute Gasteiger partial charge is 0.274 e. The Labute approximate surface area is 145 Å². The van der Waals surface area contributed by atoms with Crippen LogP contribution in [0.4, 0.5) is 5.82 Å². The largest absolute Gasteiger partial charge is 0.296 e. The Hall–Kier alpha value is -2.73. The van der Waals surface area contributed by atoms with E-state index in [1.165, 1.54) is 5.56 Å². The number of rotatable bonds is 2. The highest BCUT2D eigenvalue weighted by Crippen LogP contribution is 2.44. The van der Waals surface area contributed by atoms with E-state index in [1.807, 2.05) is 24.3 Å². The summed E-state index contributed by atoms with van der Waals surface area (Å²) < 4.78 is 0. The van der Waals surface area contributed by atoms with E-state index in [0.717, 1.165) is 24.8 Å². The van der Waals surface area contributed by atoms with Gasteiger partial charge in [-0.05, 0) is 61.1 Å². The Kier molecular flexibility index (Phi) is 3.77. The van der Waals surface area contributed by atoms with Crippen LogP contribution in [-0.4, -0.2) is 28.6 Å². The molecular weight excluding hydrogens is 318 g/mol. The quantitative estimate of drug-likeness (QED) is 0.649. The zero-order chi connectivity index (χ0) is 17.4. The van der Waals surface area contributed by atoms with Gasteiger partial charge in [0.25, 0.3) is 5.91 Å². The number of anilines is 1. The first-order chi connectivity index (χ1) is 12.1. The van der Waals surface area contributed by atoms with Crippen molar-refractivity contribution in [3.63, 3.8) is 0 Å². The number of nitrogens with zero attached hydrogens (tertiary/aromatic N) is 2. The molecular formula is C19H19N3O3. The molecule has 2 aromatic rings. The standard InChI is InChI=1S/C19H19N3O3/c23-17(21-25)14-5-4-13-6-7-19(12-15(13)11-14)8-10-22(18(19)24)16-3-1-2-9-20-16/h1-5,9,11,25H,6-8,10,12H2,(H,21,23). The third kappa shape index (κ3) is 2.59. The van der Waals surface area contributed by atoms with Crippen molar-refractivity contribution in [3.05, 3.63) is 59.3 Å². The molecule has 1 aromatic carbocycles. The molecule has 1 aliphatic carbocycles. The van der Waals surface area contributed by atoms with E-state index in [9.17, 15) is 9.59 Å². The summed E-state index contributed by atoms with van der Waals surface area (Å²) in [5.74, 6) is 0.285. The topological polar surface area (TPSA) is 82.5 Å². The maximum absolute atomic E-state index is 13.1. The van der Waals surface area contributed by atoms with Crippen molar-refractivity contribution in [3.8, 4) is 0 Å². The molecule has 2 heterocycles. The number of nitrogens with one attached hydrogen (secondary N) is 1. The number of fused-ring (bicyclic) bond motifs is 1. The number of aryl methyl sites for hydroxylation is 1. The summed E-state index contributed by atoms with van der Waals surface area (Å²) in [6.07, 6.45) is 4.74. The fourth-order valence-corrected chi connectivity index (χ4v) is 4.02. The minimum absolute atomic E-state index is 0.119. The molecule has 4 rings (SSSR count). The first kappa shape index (κ1) is 15.8. The van der Waals surface area contributed by atoms with Crippen molar-refractivity contribution in [1.29, 1.82) is 0 Å². The Morgan fingerprint density at radius 1 is 1.20 bits per heavy atom. The lowest BCUT2D eigenvalue weighted by Crippen LogP contribution is -2.39. The number of benzene rings is 1. The van der Waals surface area contributed by atoms with Crippen molar-refractivity contribution in [2.75, 3.05) is 11.4 Å². The van der Waals surface area contributed by atoms with Gasteiger partial charge in [0.15, 0.2) is 0 Å². The fraction of sp³-hybridized carbons (Fsp3) is 0.316. The lowest BCUT2D eigenvalue weighted by atomic mass is 9.70. The number of aromatic nitrogens is 1. The molecule has 0 bridgehead atoms. The molecule has 1 spiro atoms. The summed E-state index contributed by atoms with van der Waals surface area (Å²) in [5, 5.41) is 8.83. The summed E-state index contributed by atoms with van der Waals surface area (Å²) in [6, 6.07) is 11.0. The molecule has 2 aliphatic rings. The summed E-state index contributed by atoms with van der Waals surface area (Å²) in [4.78, 5) is 30.9. The Balaban J connectivity index is 1.63. The average molecular weight is 337 g/mol. The van der Waals surface area contributed by atoms with Crippen molar-refractivity contribution in [2.45, 2.75) is 25.7 Å². The van der Waals surface area contributed by atoms with E-state index in [1.54, 1.807) is 28.7 Å². The van der Waals surface area contributed by atoms with Crippen LogP contribution >= 0.6 is 0 Å². The van der Waals surface area contributed by atoms with E-state index in [2.05, 4.69) is 4.98 Å². The van der Waals surface area contributed by atoms with Crippen LogP contribution in [0.25, 0.3) is 0 Å². The number of carbonyl (C=O) groups excluding carboxylic acids is 2. The van der Waals surface area contributed by atoms with E-state index in [-0.39, 0.29) is 5.91 Å². The van der Waals surface area contributed by atoms with Gasteiger partial charge >= 0.3 is 0 Å². The Morgan fingerprint density at radius 3 is 2.84 bits per heavy atom. The minimum atomic E-state index is -0.532. The van der Waals surface area contributed by atoms with Crippen LogP contribution in [0.5, 0.6) is 0 Å². The van der Waals surface area contributed by atoms with Crippen molar-refractivity contribution in [1.82, 2.24) is 10.5 Å². The number of amides is 2. The SMILES string of the molecule is O=C(NO)c1ccc2c(c1)CC1(CC2)CCN(c2ccccn2)C1=O. The molecule has 1 atom stereocenters. The second-order valence-corrected chi connectivity index (χ2v) is 6.78. The third-order valence-electron chi connectivity index (χ3n) is 5.41. The molecule has 1 aromatic heterocycles. The van der Waals surface area contributed by atoms with E-state index < -0.39 is 11.3 Å². The summed E-state index contributed by atoms with van der Waals surface area (Å²) in [6.45, 7) is 0.669. The zero-order valence-electron chi connectivity index (χ0n) is 13.7. The Bertz CT molecular complexity index is 837. The zero-order valence-corrected chi connectivity index (χ0v) is 13.7. The molecule has 0 saturated carbocycles. The highest BCUT2D eigenvalue weighted by molar-refractivity contribution is 5.99. The molecule has 2 amide bonds. The van der Waals surface area contributed by atoms with Crippen LogP contribution in [0.3, 0.4) is 0 Å². The fourth-order valence-electron chi connectivity index (χ4n) is 4.02. The predicted molar refractivity (Wildman–Crippen MR) is 91.4 cm³/mol. The van der Waals surface area contributed by atoms with E-state index >= 15 is 0 Å². The van der Waals surface area contributed by atoms with Crippen molar-refractivity contribution in [2.24, 2.45) is 5.41 Å². The van der Waals surface area contributed by atoms with Gasteiger partial charge in [-0.15, -0.1) is 0 Å². The average Bonchev–Trinajstić information content (AvgIpc) is 2.97. The number of hydrogen-bond acceptors (Lipinski definition) is 4. The van der Waals surface area contributed by atoms with Gasteiger partial charge < -0.3 is 0 Å². The highest BCUT2D eigenvalue weighted by Gasteiger charge is 2.48.